The molecule has 0 N–H and O–H groups in total. The predicted molar refractivity (Wildman–Crippen MR) is 0 cm³/mol. The molecule has 0 heterocycles. The number of hydrogen-bond acceptors (Lipinski definition) is 0. The zero-order valence-electron chi connectivity index (χ0n) is 1.46. The Hall–Kier alpha value is 2.75. The maximum atomic E-state index is 0. The topological polar surface area (TPSA) is 0 Å². The third kappa shape index (κ3) is 8.83. The van der Waals surface area contributed by atoms with Crippen molar-refractivity contribution in [1.82, 2.24) is 0 Å². The third-order valence-electron chi connectivity index (χ3n) is 0. The van der Waals surface area contributed by atoms with Gasteiger partial charge in [0.15, 0.2) is 0 Å². The molecule has 3 radical (unpaired) electrons. The van der Waals surface area contributed by atoms with E-state index < -0.39 is 0 Å². The molecular weight excluding hydrogens is 451 g/mol. The maximum absolute atomic E-state index is 0. The van der Waals surface area contributed by atoms with Crippen LogP contribution in [0.1, 0.15) is 0 Å². The molecule has 0 unspecified atom stereocenters. The fourth-order valence-electron chi connectivity index (χ4n) is 0. The van der Waals surface area contributed by atoms with Crippen molar-refractivity contribution in [3.8, 4) is 0 Å². The van der Waals surface area contributed by atoms with Gasteiger partial charge < -0.3 is 0 Å². The molecule has 0 bridgehead atoms. The zero-order chi connectivity index (χ0) is 0. The van der Waals surface area contributed by atoms with Gasteiger partial charge in [0.2, 0.25) is 0 Å². The van der Waals surface area contributed by atoms with Crippen molar-refractivity contribution in [2.24, 2.45) is 0 Å². The standard InChI is InChI=1S/2Ag.V.W. The SMILES string of the molecule is [Ag].[Ag].[V].[W]. The van der Waals surface area contributed by atoms with Gasteiger partial charge in [0, 0.05) is 84.4 Å². The van der Waals surface area contributed by atoms with E-state index in [1.165, 1.54) is 0 Å². The van der Waals surface area contributed by atoms with Crippen molar-refractivity contribution in [3.05, 3.63) is 0 Å². The molecule has 0 amide bonds. The molecule has 0 fully saturated rings. The van der Waals surface area contributed by atoms with Crippen molar-refractivity contribution < 1.29 is 84.4 Å². The minimum absolute atomic E-state index is 0. The van der Waals surface area contributed by atoms with Gasteiger partial charge in [0.25, 0.3) is 0 Å². The van der Waals surface area contributed by atoms with Crippen molar-refractivity contribution in [3.63, 3.8) is 0 Å². The molecule has 0 rings (SSSR count). The summed E-state index contributed by atoms with van der Waals surface area (Å²) in [6.45, 7) is 0. The normalized spacial score (nSPS) is 0. The first kappa shape index (κ1) is 29.5. The van der Waals surface area contributed by atoms with Crippen LogP contribution in [0, 0.1) is 0 Å². The van der Waals surface area contributed by atoms with Crippen molar-refractivity contribution in [1.29, 1.82) is 0 Å². The van der Waals surface area contributed by atoms with Gasteiger partial charge in [-0.05, 0) is 0 Å². The molecule has 0 nitrogen and oxygen atoms in total. The molecule has 0 saturated carbocycles. The van der Waals surface area contributed by atoms with E-state index in [2.05, 4.69) is 0 Å². The van der Waals surface area contributed by atoms with Crippen LogP contribution in [0.3, 0.4) is 0 Å². The zero-order valence-corrected chi connectivity index (χ0v) is 8.75. The predicted octanol–water partition coefficient (Wildman–Crippen LogP) is -0.0100. The van der Waals surface area contributed by atoms with Crippen LogP contribution >= 0.6 is 0 Å². The van der Waals surface area contributed by atoms with E-state index in [4.69, 9.17) is 0 Å². The van der Waals surface area contributed by atoms with Crippen LogP contribution in [-0.4, -0.2) is 0 Å². The molecule has 0 saturated heterocycles. The van der Waals surface area contributed by atoms with E-state index in [0.717, 1.165) is 0 Å². The van der Waals surface area contributed by atoms with E-state index >= 15 is 0 Å². The summed E-state index contributed by atoms with van der Waals surface area (Å²) >= 11 is 0. The summed E-state index contributed by atoms with van der Waals surface area (Å²) in [6.07, 6.45) is 0. The smallest absolute Gasteiger partial charge is 0 e. The summed E-state index contributed by atoms with van der Waals surface area (Å²) in [7, 11) is 0. The molecule has 0 aliphatic carbocycles. The summed E-state index contributed by atoms with van der Waals surface area (Å²) in [5.41, 5.74) is 0. The summed E-state index contributed by atoms with van der Waals surface area (Å²) in [5, 5.41) is 0. The fraction of sp³-hybridized carbons (Fsp3) is 0. The van der Waals surface area contributed by atoms with Crippen LogP contribution in [-0.2, 0) is 84.4 Å². The molecule has 0 aromatic carbocycles. The van der Waals surface area contributed by atoms with Gasteiger partial charge in [-0.1, -0.05) is 0 Å². The molecule has 0 aromatic heterocycles. The van der Waals surface area contributed by atoms with Gasteiger partial charge in [-0.2, -0.15) is 0 Å². The maximum Gasteiger partial charge on any atom is 0 e. The quantitative estimate of drug-likeness (QED) is 0.456. The van der Waals surface area contributed by atoms with Gasteiger partial charge in [-0.15, -0.1) is 0 Å². The Labute approximate surface area is 83.0 Å². The monoisotopic (exact) mass is 449 g/mol. The van der Waals surface area contributed by atoms with Gasteiger partial charge >= 0.3 is 0 Å². The van der Waals surface area contributed by atoms with Crippen molar-refractivity contribution >= 4 is 0 Å². The first-order chi connectivity index (χ1) is 0. The van der Waals surface area contributed by atoms with E-state index in [1.807, 2.05) is 0 Å². The van der Waals surface area contributed by atoms with Crippen LogP contribution in [0.15, 0.2) is 0 Å². The van der Waals surface area contributed by atoms with Crippen LogP contribution in [0.5, 0.6) is 0 Å². The molecule has 0 aliphatic rings. The summed E-state index contributed by atoms with van der Waals surface area (Å²) in [4.78, 5) is 0. The van der Waals surface area contributed by atoms with Crippen molar-refractivity contribution in [2.75, 3.05) is 0 Å². The van der Waals surface area contributed by atoms with E-state index in [1.54, 1.807) is 0 Å². The minimum Gasteiger partial charge on any atom is 0 e. The summed E-state index contributed by atoms with van der Waals surface area (Å²) < 4.78 is 0. The van der Waals surface area contributed by atoms with Gasteiger partial charge in [-0.3, -0.25) is 0 Å². The molecule has 0 aromatic rings. The Morgan fingerprint density at radius 1 is 0.750 bits per heavy atom. The average molecular weight is 451 g/mol. The second-order valence-corrected chi connectivity index (χ2v) is 0. The molecule has 4 heavy (non-hydrogen) atoms. The molecular formula is Ag2VW. The minimum atomic E-state index is 0. The molecule has 0 atom stereocenters. The Morgan fingerprint density at radius 3 is 0.750 bits per heavy atom. The number of hydrogen-bond donors (Lipinski definition) is 0. The largest absolute Gasteiger partial charge is 0 e. The first-order valence-corrected chi connectivity index (χ1v) is 0. The molecule has 33 valence electrons. The fourth-order valence-corrected chi connectivity index (χ4v) is 0. The second-order valence-electron chi connectivity index (χ2n) is 0. The Bertz CT molecular complexity index is 6.00. The van der Waals surface area contributed by atoms with Gasteiger partial charge in [-0.25, -0.2) is 0 Å². The van der Waals surface area contributed by atoms with Crippen LogP contribution in [0.2, 0.25) is 0 Å². The molecule has 4 heteroatoms. The first-order valence-electron chi connectivity index (χ1n) is 0. The van der Waals surface area contributed by atoms with Crippen molar-refractivity contribution in [2.45, 2.75) is 0 Å². The molecule has 0 spiro atoms. The van der Waals surface area contributed by atoms with Gasteiger partial charge in [0.05, 0.1) is 0 Å². The number of rotatable bonds is 0. The summed E-state index contributed by atoms with van der Waals surface area (Å²) in [5.74, 6) is 0. The van der Waals surface area contributed by atoms with E-state index in [0.29, 0.717) is 0 Å². The second kappa shape index (κ2) is 17.1. The van der Waals surface area contributed by atoms with Crippen LogP contribution < -0.4 is 0 Å². The van der Waals surface area contributed by atoms with E-state index in [9.17, 15) is 0 Å². The van der Waals surface area contributed by atoms with E-state index in [-0.39, 0.29) is 84.4 Å². The summed E-state index contributed by atoms with van der Waals surface area (Å²) in [6, 6.07) is 0. The van der Waals surface area contributed by atoms with Crippen LogP contribution in [0.4, 0.5) is 0 Å². The Morgan fingerprint density at radius 2 is 0.750 bits per heavy atom. The Kier molecular flexibility index (Phi) is 126. The average Bonchev–Trinajstić information content (AvgIpc) is 0. The molecule has 0 aliphatic heterocycles. The van der Waals surface area contributed by atoms with Gasteiger partial charge in [0.1, 0.15) is 0 Å². The van der Waals surface area contributed by atoms with Crippen LogP contribution in [0.25, 0.3) is 0 Å². The Balaban J connectivity index is 0. The third-order valence-corrected chi connectivity index (χ3v) is 0.